The molecule has 0 fully saturated rings. The molecule has 26 heavy (non-hydrogen) atoms. The molecule has 0 spiro atoms. The normalized spacial score (nSPS) is 12.0. The monoisotopic (exact) mass is 379 g/mol. The highest BCUT2D eigenvalue weighted by atomic mass is 32.2. The lowest BCUT2D eigenvalue weighted by Crippen LogP contribution is -2.29. The summed E-state index contributed by atoms with van der Waals surface area (Å²) in [6, 6.07) is 3.67. The van der Waals surface area contributed by atoms with E-state index in [1.807, 2.05) is 24.6 Å². The molecule has 0 bridgehead atoms. The number of thioether (sulfide) groups is 1. The van der Waals surface area contributed by atoms with Gasteiger partial charge in [-0.2, -0.15) is 5.10 Å². The molecule has 0 aliphatic rings. The Morgan fingerprint density at radius 2 is 2.08 bits per heavy atom. The van der Waals surface area contributed by atoms with Crippen LogP contribution in [0.15, 0.2) is 16.7 Å². The zero-order valence-corrected chi connectivity index (χ0v) is 16.4. The predicted octanol–water partition coefficient (Wildman–Crippen LogP) is 2.06. The SMILES string of the molecule is Cc1cc(C)n(CCCNC(=O)CSC(C)C(=O)Nc2cc(C)on2)n1. The number of anilines is 1. The Morgan fingerprint density at radius 3 is 2.69 bits per heavy atom. The molecule has 1 unspecified atom stereocenters. The lowest BCUT2D eigenvalue weighted by molar-refractivity contribution is -0.118. The van der Waals surface area contributed by atoms with Gasteiger partial charge in [0.25, 0.3) is 0 Å². The highest BCUT2D eigenvalue weighted by Gasteiger charge is 2.16. The second kappa shape index (κ2) is 9.42. The van der Waals surface area contributed by atoms with Crippen LogP contribution in [0.3, 0.4) is 0 Å². The Hall–Kier alpha value is -2.29. The molecule has 0 radical (unpaired) electrons. The second-order valence-corrected chi connectivity index (χ2v) is 7.45. The van der Waals surface area contributed by atoms with Crippen molar-refractivity contribution in [3.05, 3.63) is 29.3 Å². The quantitative estimate of drug-likeness (QED) is 0.647. The fraction of sp³-hybridized carbons (Fsp3) is 0.529. The minimum Gasteiger partial charge on any atom is -0.360 e. The molecule has 2 aromatic heterocycles. The summed E-state index contributed by atoms with van der Waals surface area (Å²) in [6.45, 7) is 8.83. The average molecular weight is 379 g/mol. The van der Waals surface area contributed by atoms with E-state index in [1.54, 1.807) is 19.9 Å². The number of aromatic nitrogens is 3. The first-order valence-electron chi connectivity index (χ1n) is 8.48. The van der Waals surface area contributed by atoms with Crippen LogP contribution in [0.5, 0.6) is 0 Å². The van der Waals surface area contributed by atoms with E-state index in [0.29, 0.717) is 18.1 Å². The van der Waals surface area contributed by atoms with Crippen LogP contribution in [-0.2, 0) is 16.1 Å². The first-order valence-corrected chi connectivity index (χ1v) is 9.53. The van der Waals surface area contributed by atoms with Gasteiger partial charge in [-0.3, -0.25) is 14.3 Å². The summed E-state index contributed by atoms with van der Waals surface area (Å²) >= 11 is 1.28. The zero-order chi connectivity index (χ0) is 19.1. The van der Waals surface area contributed by atoms with Crippen molar-refractivity contribution in [2.45, 2.75) is 45.9 Å². The maximum absolute atomic E-state index is 12.0. The fourth-order valence-electron chi connectivity index (χ4n) is 2.34. The molecule has 0 saturated heterocycles. The van der Waals surface area contributed by atoms with Gasteiger partial charge in [-0.05, 0) is 40.2 Å². The first-order chi connectivity index (χ1) is 12.3. The summed E-state index contributed by atoms with van der Waals surface area (Å²) in [5.41, 5.74) is 2.11. The van der Waals surface area contributed by atoms with Crippen molar-refractivity contribution in [3.63, 3.8) is 0 Å². The lowest BCUT2D eigenvalue weighted by atomic mass is 10.4. The molecule has 2 amide bonds. The van der Waals surface area contributed by atoms with Crippen LogP contribution in [-0.4, -0.2) is 44.3 Å². The summed E-state index contributed by atoms with van der Waals surface area (Å²) in [6.07, 6.45) is 0.805. The molecule has 2 N–H and O–H groups in total. The molecule has 9 heteroatoms. The van der Waals surface area contributed by atoms with Gasteiger partial charge in [0.15, 0.2) is 5.82 Å². The number of hydrogen-bond donors (Lipinski definition) is 2. The Labute approximate surface area is 157 Å². The third-order valence-electron chi connectivity index (χ3n) is 3.69. The van der Waals surface area contributed by atoms with E-state index in [0.717, 1.165) is 24.4 Å². The average Bonchev–Trinajstić information content (AvgIpc) is 3.13. The van der Waals surface area contributed by atoms with Gasteiger partial charge in [0.05, 0.1) is 16.7 Å². The standard InChI is InChI=1S/C17H25N5O3S/c1-11-8-12(2)22(20-11)7-5-6-18-16(23)10-26-14(4)17(24)19-15-9-13(3)25-21-15/h8-9,14H,5-7,10H2,1-4H3,(H,18,23)(H,19,21,24). The van der Waals surface area contributed by atoms with Crippen LogP contribution in [0.2, 0.25) is 0 Å². The van der Waals surface area contributed by atoms with Crippen LogP contribution in [0.4, 0.5) is 5.82 Å². The van der Waals surface area contributed by atoms with E-state index in [2.05, 4.69) is 20.9 Å². The Balaban J connectivity index is 1.61. The molecular formula is C17H25N5O3S. The second-order valence-electron chi connectivity index (χ2n) is 6.12. The predicted molar refractivity (Wildman–Crippen MR) is 101 cm³/mol. The molecule has 0 aromatic carbocycles. The topological polar surface area (TPSA) is 102 Å². The number of rotatable bonds is 9. The van der Waals surface area contributed by atoms with E-state index < -0.39 is 0 Å². The Morgan fingerprint density at radius 1 is 1.31 bits per heavy atom. The van der Waals surface area contributed by atoms with E-state index in [1.165, 1.54) is 11.8 Å². The van der Waals surface area contributed by atoms with E-state index in [-0.39, 0.29) is 22.8 Å². The summed E-state index contributed by atoms with van der Waals surface area (Å²) in [4.78, 5) is 23.9. The van der Waals surface area contributed by atoms with Crippen LogP contribution >= 0.6 is 11.8 Å². The van der Waals surface area contributed by atoms with E-state index in [9.17, 15) is 9.59 Å². The third kappa shape index (κ3) is 6.21. The molecule has 2 heterocycles. The number of amides is 2. The Kier molecular flexibility index (Phi) is 7.26. The number of nitrogens with one attached hydrogen (secondary N) is 2. The van der Waals surface area contributed by atoms with Crippen LogP contribution < -0.4 is 10.6 Å². The third-order valence-corrected chi connectivity index (χ3v) is 4.83. The molecular weight excluding hydrogens is 354 g/mol. The molecule has 0 aliphatic carbocycles. The van der Waals surface area contributed by atoms with Gasteiger partial charge in [0.1, 0.15) is 5.76 Å². The highest BCUT2D eigenvalue weighted by molar-refractivity contribution is 8.01. The van der Waals surface area contributed by atoms with Crippen molar-refractivity contribution in [1.29, 1.82) is 0 Å². The fourth-order valence-corrected chi connectivity index (χ4v) is 3.05. The zero-order valence-electron chi connectivity index (χ0n) is 15.5. The van der Waals surface area contributed by atoms with Gasteiger partial charge in [0.2, 0.25) is 11.8 Å². The number of carbonyl (C=O) groups excluding carboxylic acids is 2. The number of aryl methyl sites for hydroxylation is 4. The largest absolute Gasteiger partial charge is 0.360 e. The van der Waals surface area contributed by atoms with Gasteiger partial charge in [-0.15, -0.1) is 11.8 Å². The summed E-state index contributed by atoms with van der Waals surface area (Å²) < 4.78 is 6.84. The van der Waals surface area contributed by atoms with Crippen LogP contribution in [0, 0.1) is 20.8 Å². The minimum absolute atomic E-state index is 0.0831. The van der Waals surface area contributed by atoms with Crippen molar-refractivity contribution < 1.29 is 14.1 Å². The molecule has 0 aliphatic heterocycles. The number of carbonyl (C=O) groups is 2. The number of hydrogen-bond acceptors (Lipinski definition) is 6. The summed E-state index contributed by atoms with van der Waals surface area (Å²) in [5.74, 6) is 0.946. The first kappa shape index (κ1) is 20.0. The summed E-state index contributed by atoms with van der Waals surface area (Å²) in [5, 5.41) is 13.3. The van der Waals surface area contributed by atoms with Crippen molar-refractivity contribution in [1.82, 2.24) is 20.3 Å². The maximum Gasteiger partial charge on any atom is 0.238 e. The Bertz CT molecular complexity index is 755. The molecule has 2 aromatic rings. The highest BCUT2D eigenvalue weighted by Crippen LogP contribution is 2.14. The van der Waals surface area contributed by atoms with Gasteiger partial charge in [-0.1, -0.05) is 5.16 Å². The summed E-state index contributed by atoms with van der Waals surface area (Å²) in [7, 11) is 0. The van der Waals surface area contributed by atoms with Crippen molar-refractivity contribution >= 4 is 29.4 Å². The van der Waals surface area contributed by atoms with Crippen molar-refractivity contribution in [2.24, 2.45) is 0 Å². The lowest BCUT2D eigenvalue weighted by Gasteiger charge is -2.11. The van der Waals surface area contributed by atoms with E-state index in [4.69, 9.17) is 4.52 Å². The van der Waals surface area contributed by atoms with Crippen LogP contribution in [0.25, 0.3) is 0 Å². The van der Waals surface area contributed by atoms with Gasteiger partial charge in [0, 0.05) is 24.8 Å². The van der Waals surface area contributed by atoms with Crippen molar-refractivity contribution in [3.8, 4) is 0 Å². The van der Waals surface area contributed by atoms with E-state index >= 15 is 0 Å². The van der Waals surface area contributed by atoms with Crippen molar-refractivity contribution in [2.75, 3.05) is 17.6 Å². The smallest absolute Gasteiger partial charge is 0.238 e. The van der Waals surface area contributed by atoms with Gasteiger partial charge in [-0.25, -0.2) is 0 Å². The van der Waals surface area contributed by atoms with Gasteiger partial charge >= 0.3 is 0 Å². The number of nitrogens with zero attached hydrogens (tertiary/aromatic N) is 3. The molecule has 8 nitrogen and oxygen atoms in total. The van der Waals surface area contributed by atoms with Crippen LogP contribution in [0.1, 0.15) is 30.5 Å². The molecule has 0 saturated carbocycles. The molecule has 142 valence electrons. The van der Waals surface area contributed by atoms with Gasteiger partial charge < -0.3 is 15.2 Å². The molecule has 1 atom stereocenters. The minimum atomic E-state index is -0.368. The maximum atomic E-state index is 12.0. The molecule has 2 rings (SSSR count).